The summed E-state index contributed by atoms with van der Waals surface area (Å²) in [5.74, 6) is -1.39. The Morgan fingerprint density at radius 1 is 1.06 bits per heavy atom. The second kappa shape index (κ2) is 9.64. The van der Waals surface area contributed by atoms with E-state index < -0.39 is 28.3 Å². The van der Waals surface area contributed by atoms with Crippen LogP contribution in [-0.4, -0.2) is 33.3 Å². The monoisotopic (exact) mass is 481 g/mol. The lowest BCUT2D eigenvalue weighted by Crippen LogP contribution is -2.38. The summed E-state index contributed by atoms with van der Waals surface area (Å²) in [6.07, 6.45) is 1.24. The summed E-state index contributed by atoms with van der Waals surface area (Å²) in [6.45, 7) is 1.84. The molecule has 1 saturated heterocycles. The molecular formula is C25H24FN3O4S. The highest BCUT2D eigenvalue weighted by Gasteiger charge is 2.29. The van der Waals surface area contributed by atoms with Gasteiger partial charge in [-0.1, -0.05) is 36.4 Å². The van der Waals surface area contributed by atoms with Gasteiger partial charge >= 0.3 is 0 Å². The Labute approximate surface area is 197 Å². The van der Waals surface area contributed by atoms with Crippen LogP contribution in [0.15, 0.2) is 77.7 Å². The number of nitrogens with zero attached hydrogens (tertiary/aromatic N) is 2. The molecule has 0 saturated carbocycles. The summed E-state index contributed by atoms with van der Waals surface area (Å²) in [6, 6.07) is 18.1. The maximum Gasteiger partial charge on any atom is 0.264 e. The number of hydrogen-bond acceptors (Lipinski definition) is 4. The topological polar surface area (TPSA) is 86.8 Å². The molecule has 1 fully saturated rings. The van der Waals surface area contributed by atoms with Gasteiger partial charge in [-0.15, -0.1) is 0 Å². The molecule has 1 aliphatic rings. The second-order valence-corrected chi connectivity index (χ2v) is 9.84. The van der Waals surface area contributed by atoms with Crippen molar-refractivity contribution >= 4 is 38.9 Å². The van der Waals surface area contributed by atoms with Gasteiger partial charge in [0, 0.05) is 24.3 Å². The van der Waals surface area contributed by atoms with Gasteiger partial charge in [-0.2, -0.15) is 0 Å². The van der Waals surface area contributed by atoms with E-state index in [1.807, 2.05) is 6.92 Å². The minimum atomic E-state index is -4.22. The Kier molecular flexibility index (Phi) is 6.65. The van der Waals surface area contributed by atoms with Crippen LogP contribution in [0.3, 0.4) is 0 Å². The van der Waals surface area contributed by atoms with E-state index in [1.165, 1.54) is 30.3 Å². The van der Waals surface area contributed by atoms with Gasteiger partial charge in [-0.05, 0) is 55.3 Å². The largest absolute Gasteiger partial charge is 0.324 e. The SMILES string of the molecule is Cc1ccc(NC(=O)CN(c2ccccc2F)S(=O)(=O)c2ccccc2)cc1N1CCCC1=O. The molecule has 1 aliphatic heterocycles. The van der Waals surface area contributed by atoms with Gasteiger partial charge in [0.1, 0.15) is 12.4 Å². The summed E-state index contributed by atoms with van der Waals surface area (Å²) in [7, 11) is -4.22. The van der Waals surface area contributed by atoms with E-state index in [-0.39, 0.29) is 16.5 Å². The predicted octanol–water partition coefficient (Wildman–Crippen LogP) is 4.09. The van der Waals surface area contributed by atoms with Gasteiger partial charge in [-0.3, -0.25) is 13.9 Å². The molecule has 0 unspecified atom stereocenters. The fourth-order valence-electron chi connectivity index (χ4n) is 3.89. The van der Waals surface area contributed by atoms with E-state index in [4.69, 9.17) is 0 Å². The molecule has 0 atom stereocenters. The van der Waals surface area contributed by atoms with Crippen LogP contribution in [0.4, 0.5) is 21.5 Å². The molecule has 3 aromatic rings. The van der Waals surface area contributed by atoms with Crippen LogP contribution in [0, 0.1) is 12.7 Å². The zero-order valence-corrected chi connectivity index (χ0v) is 19.4. The van der Waals surface area contributed by atoms with Crippen LogP contribution in [0.25, 0.3) is 0 Å². The minimum Gasteiger partial charge on any atom is -0.324 e. The van der Waals surface area contributed by atoms with Crippen molar-refractivity contribution in [2.75, 3.05) is 27.6 Å². The second-order valence-electron chi connectivity index (χ2n) is 7.97. The first kappa shape index (κ1) is 23.4. The number of para-hydroxylation sites is 1. The fraction of sp³-hybridized carbons (Fsp3) is 0.200. The maximum atomic E-state index is 14.6. The van der Waals surface area contributed by atoms with Crippen molar-refractivity contribution in [3.63, 3.8) is 0 Å². The van der Waals surface area contributed by atoms with Crippen LogP contribution in [0.1, 0.15) is 18.4 Å². The van der Waals surface area contributed by atoms with E-state index >= 15 is 0 Å². The highest BCUT2D eigenvalue weighted by molar-refractivity contribution is 7.92. The van der Waals surface area contributed by atoms with E-state index in [1.54, 1.807) is 41.3 Å². The van der Waals surface area contributed by atoms with Crippen molar-refractivity contribution < 1.29 is 22.4 Å². The van der Waals surface area contributed by atoms with Gasteiger partial charge < -0.3 is 10.2 Å². The predicted molar refractivity (Wildman–Crippen MR) is 129 cm³/mol. The Morgan fingerprint density at radius 2 is 1.76 bits per heavy atom. The minimum absolute atomic E-state index is 0.0197. The van der Waals surface area contributed by atoms with E-state index in [9.17, 15) is 22.4 Å². The first-order valence-electron chi connectivity index (χ1n) is 10.8. The summed E-state index contributed by atoms with van der Waals surface area (Å²) in [4.78, 5) is 26.7. The summed E-state index contributed by atoms with van der Waals surface area (Å²) in [5, 5.41) is 2.69. The van der Waals surface area contributed by atoms with Crippen molar-refractivity contribution in [3.05, 3.63) is 84.2 Å². The number of halogens is 1. The van der Waals surface area contributed by atoms with Crippen molar-refractivity contribution in [3.8, 4) is 0 Å². The Bertz CT molecular complexity index is 1330. The number of anilines is 3. The first-order valence-corrected chi connectivity index (χ1v) is 12.2. The Balaban J connectivity index is 1.62. The lowest BCUT2D eigenvalue weighted by atomic mass is 10.1. The standard InChI is InChI=1S/C25H24FN3O4S/c1-18-13-14-19(16-23(18)28-15-7-12-25(28)31)27-24(30)17-29(22-11-6-5-10-21(22)26)34(32,33)20-8-3-2-4-9-20/h2-6,8-11,13-14,16H,7,12,15,17H2,1H3,(H,27,30). The highest BCUT2D eigenvalue weighted by atomic mass is 32.2. The lowest BCUT2D eigenvalue weighted by Gasteiger charge is -2.25. The fourth-order valence-corrected chi connectivity index (χ4v) is 5.33. The molecule has 0 bridgehead atoms. The molecule has 1 N–H and O–H groups in total. The number of carbonyl (C=O) groups excluding carboxylic acids is 2. The molecular weight excluding hydrogens is 457 g/mol. The molecule has 7 nitrogen and oxygen atoms in total. The Morgan fingerprint density at radius 3 is 2.44 bits per heavy atom. The van der Waals surface area contributed by atoms with Crippen LogP contribution >= 0.6 is 0 Å². The number of benzene rings is 3. The van der Waals surface area contributed by atoms with Crippen LogP contribution in [0.5, 0.6) is 0 Å². The van der Waals surface area contributed by atoms with Gasteiger partial charge in [0.2, 0.25) is 11.8 Å². The van der Waals surface area contributed by atoms with E-state index in [0.717, 1.165) is 22.4 Å². The van der Waals surface area contributed by atoms with E-state index in [2.05, 4.69) is 5.32 Å². The molecule has 0 aliphatic carbocycles. The van der Waals surface area contributed by atoms with E-state index in [0.29, 0.717) is 24.3 Å². The van der Waals surface area contributed by atoms with Crippen molar-refractivity contribution in [2.45, 2.75) is 24.7 Å². The number of carbonyl (C=O) groups is 2. The van der Waals surface area contributed by atoms with Crippen molar-refractivity contribution in [1.29, 1.82) is 0 Å². The van der Waals surface area contributed by atoms with Gasteiger partial charge in [0.15, 0.2) is 0 Å². The summed E-state index contributed by atoms with van der Waals surface area (Å²) in [5.41, 5.74) is 1.76. The van der Waals surface area contributed by atoms with Gasteiger partial charge in [-0.25, -0.2) is 12.8 Å². The lowest BCUT2D eigenvalue weighted by molar-refractivity contribution is -0.117. The van der Waals surface area contributed by atoms with Crippen molar-refractivity contribution in [1.82, 2.24) is 0 Å². The smallest absolute Gasteiger partial charge is 0.264 e. The number of aryl methyl sites for hydroxylation is 1. The third-order valence-electron chi connectivity index (χ3n) is 5.60. The third-order valence-corrected chi connectivity index (χ3v) is 7.37. The summed E-state index contributed by atoms with van der Waals surface area (Å²) >= 11 is 0. The average Bonchev–Trinajstić information content (AvgIpc) is 3.25. The molecule has 0 radical (unpaired) electrons. The molecule has 34 heavy (non-hydrogen) atoms. The molecule has 0 spiro atoms. The van der Waals surface area contributed by atoms with Crippen molar-refractivity contribution in [2.24, 2.45) is 0 Å². The quantitative estimate of drug-likeness (QED) is 0.551. The van der Waals surface area contributed by atoms with Gasteiger partial charge in [0.05, 0.1) is 10.6 Å². The first-order chi connectivity index (χ1) is 16.3. The molecule has 4 rings (SSSR count). The van der Waals surface area contributed by atoms with Crippen LogP contribution < -0.4 is 14.5 Å². The average molecular weight is 482 g/mol. The Hall–Kier alpha value is -3.72. The number of amides is 2. The third kappa shape index (κ3) is 4.79. The molecule has 9 heteroatoms. The molecule has 0 aromatic heterocycles. The number of nitrogens with one attached hydrogen (secondary N) is 1. The summed E-state index contributed by atoms with van der Waals surface area (Å²) < 4.78 is 42.0. The number of rotatable bonds is 7. The molecule has 1 heterocycles. The zero-order valence-electron chi connectivity index (χ0n) is 18.6. The zero-order chi connectivity index (χ0) is 24.3. The van der Waals surface area contributed by atoms with Crippen LogP contribution in [-0.2, 0) is 19.6 Å². The van der Waals surface area contributed by atoms with Gasteiger partial charge in [0.25, 0.3) is 10.0 Å². The highest BCUT2D eigenvalue weighted by Crippen LogP contribution is 2.29. The normalized spacial score (nSPS) is 13.7. The molecule has 2 amide bonds. The van der Waals surface area contributed by atoms with Crippen LogP contribution in [0.2, 0.25) is 0 Å². The maximum absolute atomic E-state index is 14.6. The number of hydrogen-bond donors (Lipinski definition) is 1. The molecule has 3 aromatic carbocycles. The number of sulfonamides is 1. The molecule has 176 valence electrons.